The normalized spacial score (nSPS) is 15.0. The molecule has 1 fully saturated rings. The lowest BCUT2D eigenvalue weighted by Gasteiger charge is -2.32. The average Bonchev–Trinajstić information content (AvgIpc) is 2.64. The Labute approximate surface area is 163 Å². The molecule has 4 nitrogen and oxygen atoms in total. The van der Waals surface area contributed by atoms with Gasteiger partial charge in [0.2, 0.25) is 0 Å². The first-order chi connectivity index (χ1) is 12.2. The van der Waals surface area contributed by atoms with Gasteiger partial charge in [-0.05, 0) is 55.4 Å². The predicted octanol–water partition coefficient (Wildman–Crippen LogP) is 3.62. The molecular weight excluding hydrogens is 346 g/mol. The first-order valence-electron chi connectivity index (χ1n) is 9.23. The van der Waals surface area contributed by atoms with E-state index in [0.717, 1.165) is 44.8 Å². The van der Waals surface area contributed by atoms with E-state index in [1.54, 1.807) is 0 Å². The highest BCUT2D eigenvalue weighted by atomic mass is 35.5. The number of aliphatic hydroxyl groups excluding tert-OH is 1. The maximum atomic E-state index is 9.24. The lowest BCUT2D eigenvalue weighted by atomic mass is 9.98. The Balaban J connectivity index is 0.00000243. The van der Waals surface area contributed by atoms with Crippen LogP contribution >= 0.6 is 12.4 Å². The fourth-order valence-corrected chi connectivity index (χ4v) is 3.44. The molecule has 0 saturated carbocycles. The van der Waals surface area contributed by atoms with Crippen molar-refractivity contribution in [3.8, 4) is 0 Å². The van der Waals surface area contributed by atoms with E-state index in [-0.39, 0.29) is 12.4 Å². The summed E-state index contributed by atoms with van der Waals surface area (Å²) in [6, 6.07) is 10.9. The van der Waals surface area contributed by atoms with Crippen LogP contribution in [0.1, 0.15) is 35.1 Å². The summed E-state index contributed by atoms with van der Waals surface area (Å²) < 4.78 is 0. The van der Waals surface area contributed by atoms with Crippen LogP contribution in [0.3, 0.4) is 0 Å². The second-order valence-corrected chi connectivity index (χ2v) is 7.17. The standard InChI is InChI=1S/C21H29N3O.ClH/c1-16-3-5-20(17(2)11-16)14-22-12-19-4-6-21(23-13-19)24-9-7-18(15-25)8-10-24;/h3-6,11,13,18,22,25H,7-10,12,14-15H2,1-2H3;1H. The highest BCUT2D eigenvalue weighted by Gasteiger charge is 2.19. The van der Waals surface area contributed by atoms with Crippen molar-refractivity contribution in [2.24, 2.45) is 5.92 Å². The molecule has 1 aromatic carbocycles. The maximum Gasteiger partial charge on any atom is 0.128 e. The van der Waals surface area contributed by atoms with Gasteiger partial charge >= 0.3 is 0 Å². The molecule has 5 heteroatoms. The lowest BCUT2D eigenvalue weighted by molar-refractivity contribution is 0.203. The van der Waals surface area contributed by atoms with E-state index < -0.39 is 0 Å². The molecule has 2 N–H and O–H groups in total. The van der Waals surface area contributed by atoms with Crippen molar-refractivity contribution in [3.05, 3.63) is 58.8 Å². The number of rotatable bonds is 6. The van der Waals surface area contributed by atoms with E-state index in [2.05, 4.69) is 59.4 Å². The minimum absolute atomic E-state index is 0. The van der Waals surface area contributed by atoms with Gasteiger partial charge in [0.25, 0.3) is 0 Å². The van der Waals surface area contributed by atoms with E-state index in [1.807, 2.05) is 6.20 Å². The van der Waals surface area contributed by atoms with Gasteiger partial charge in [0, 0.05) is 39.0 Å². The van der Waals surface area contributed by atoms with Gasteiger partial charge in [-0.2, -0.15) is 0 Å². The summed E-state index contributed by atoms with van der Waals surface area (Å²) >= 11 is 0. The molecule has 0 spiro atoms. The van der Waals surface area contributed by atoms with Crippen LogP contribution in [0.15, 0.2) is 36.5 Å². The number of pyridine rings is 1. The third-order valence-corrected chi connectivity index (χ3v) is 5.15. The van der Waals surface area contributed by atoms with Gasteiger partial charge in [0.15, 0.2) is 0 Å². The quantitative estimate of drug-likeness (QED) is 0.809. The molecule has 26 heavy (non-hydrogen) atoms. The van der Waals surface area contributed by atoms with Gasteiger partial charge < -0.3 is 15.3 Å². The van der Waals surface area contributed by atoms with E-state index in [1.165, 1.54) is 22.3 Å². The molecule has 142 valence electrons. The van der Waals surface area contributed by atoms with E-state index in [4.69, 9.17) is 0 Å². The minimum atomic E-state index is 0. The first kappa shape index (κ1) is 20.7. The van der Waals surface area contributed by atoms with Crippen molar-refractivity contribution >= 4 is 18.2 Å². The SMILES string of the molecule is Cc1ccc(CNCc2ccc(N3CCC(CO)CC3)nc2)c(C)c1.Cl. The van der Waals surface area contributed by atoms with Gasteiger partial charge in [-0.15, -0.1) is 12.4 Å². The van der Waals surface area contributed by atoms with E-state index in [0.29, 0.717) is 12.5 Å². The monoisotopic (exact) mass is 375 g/mol. The summed E-state index contributed by atoms with van der Waals surface area (Å²) in [4.78, 5) is 6.95. The number of benzene rings is 1. The predicted molar refractivity (Wildman–Crippen MR) is 110 cm³/mol. The van der Waals surface area contributed by atoms with Crippen LogP contribution in [-0.2, 0) is 13.1 Å². The second-order valence-electron chi connectivity index (χ2n) is 7.17. The van der Waals surface area contributed by atoms with Crippen LogP contribution < -0.4 is 10.2 Å². The molecule has 0 bridgehead atoms. The molecule has 0 amide bonds. The number of piperidine rings is 1. The fraction of sp³-hybridized carbons (Fsp3) is 0.476. The number of aliphatic hydroxyl groups is 1. The number of halogens is 1. The van der Waals surface area contributed by atoms with Gasteiger partial charge in [-0.3, -0.25) is 0 Å². The van der Waals surface area contributed by atoms with E-state index in [9.17, 15) is 5.11 Å². The highest BCUT2D eigenvalue weighted by molar-refractivity contribution is 5.85. The zero-order valence-electron chi connectivity index (χ0n) is 15.7. The summed E-state index contributed by atoms with van der Waals surface area (Å²) in [6.07, 6.45) is 4.08. The van der Waals surface area contributed by atoms with Crippen molar-refractivity contribution in [2.45, 2.75) is 39.8 Å². The van der Waals surface area contributed by atoms with Crippen LogP contribution in [0.25, 0.3) is 0 Å². The number of aryl methyl sites for hydroxylation is 2. The van der Waals surface area contributed by atoms with Crippen LogP contribution in [-0.4, -0.2) is 29.8 Å². The topological polar surface area (TPSA) is 48.4 Å². The third-order valence-electron chi connectivity index (χ3n) is 5.15. The largest absolute Gasteiger partial charge is 0.396 e. The van der Waals surface area contributed by atoms with E-state index >= 15 is 0 Å². The molecule has 1 aliphatic heterocycles. The number of aromatic nitrogens is 1. The number of nitrogens with zero attached hydrogens (tertiary/aromatic N) is 2. The summed E-state index contributed by atoms with van der Waals surface area (Å²) in [5.74, 6) is 1.51. The summed E-state index contributed by atoms with van der Waals surface area (Å²) in [5.41, 5.74) is 5.21. The Kier molecular flexibility index (Phi) is 7.88. The third kappa shape index (κ3) is 5.44. The smallest absolute Gasteiger partial charge is 0.128 e. The molecule has 3 rings (SSSR count). The summed E-state index contributed by atoms with van der Waals surface area (Å²) in [6.45, 7) is 8.29. The zero-order valence-corrected chi connectivity index (χ0v) is 16.6. The number of nitrogens with one attached hydrogen (secondary N) is 1. The summed E-state index contributed by atoms with van der Waals surface area (Å²) in [7, 11) is 0. The maximum absolute atomic E-state index is 9.24. The Bertz CT molecular complexity index is 682. The fourth-order valence-electron chi connectivity index (χ4n) is 3.44. The number of hydrogen-bond acceptors (Lipinski definition) is 4. The highest BCUT2D eigenvalue weighted by Crippen LogP contribution is 2.21. The molecule has 2 aromatic rings. The average molecular weight is 376 g/mol. The minimum Gasteiger partial charge on any atom is -0.396 e. The molecule has 0 atom stereocenters. The molecule has 1 aliphatic rings. The molecule has 0 aliphatic carbocycles. The first-order valence-corrected chi connectivity index (χ1v) is 9.23. The molecule has 1 saturated heterocycles. The van der Waals surface area contributed by atoms with Gasteiger partial charge in [0.1, 0.15) is 5.82 Å². The van der Waals surface area contributed by atoms with Crippen molar-refractivity contribution in [1.29, 1.82) is 0 Å². The molecule has 2 heterocycles. The van der Waals surface area contributed by atoms with Crippen LogP contribution in [0.4, 0.5) is 5.82 Å². The van der Waals surface area contributed by atoms with Crippen LogP contribution in [0, 0.1) is 19.8 Å². The van der Waals surface area contributed by atoms with Gasteiger partial charge in [0.05, 0.1) is 0 Å². The van der Waals surface area contributed by atoms with Gasteiger partial charge in [-0.25, -0.2) is 4.98 Å². The Morgan fingerprint density at radius 2 is 1.88 bits per heavy atom. The Hall–Kier alpha value is -1.62. The number of anilines is 1. The molecule has 1 aromatic heterocycles. The molecule has 0 unspecified atom stereocenters. The lowest BCUT2D eigenvalue weighted by Crippen LogP contribution is -2.35. The number of hydrogen-bond donors (Lipinski definition) is 2. The van der Waals surface area contributed by atoms with Gasteiger partial charge in [-0.1, -0.05) is 29.8 Å². The van der Waals surface area contributed by atoms with Crippen molar-refractivity contribution in [1.82, 2.24) is 10.3 Å². The second kappa shape index (κ2) is 9.91. The Morgan fingerprint density at radius 3 is 2.50 bits per heavy atom. The van der Waals surface area contributed by atoms with Crippen molar-refractivity contribution < 1.29 is 5.11 Å². The van der Waals surface area contributed by atoms with Crippen LogP contribution in [0.2, 0.25) is 0 Å². The van der Waals surface area contributed by atoms with Crippen molar-refractivity contribution in [3.63, 3.8) is 0 Å². The van der Waals surface area contributed by atoms with Crippen LogP contribution in [0.5, 0.6) is 0 Å². The zero-order chi connectivity index (χ0) is 17.6. The molecule has 0 radical (unpaired) electrons. The molecular formula is C21H30ClN3O. The Morgan fingerprint density at radius 1 is 1.12 bits per heavy atom. The summed E-state index contributed by atoms with van der Waals surface area (Å²) in [5, 5.41) is 12.7. The van der Waals surface area contributed by atoms with Crippen molar-refractivity contribution in [2.75, 3.05) is 24.6 Å².